The van der Waals surface area contributed by atoms with Gasteiger partial charge in [0.1, 0.15) is 12.0 Å². The number of hydrogen-bond donors (Lipinski definition) is 1. The minimum absolute atomic E-state index is 0.0581. The summed E-state index contributed by atoms with van der Waals surface area (Å²) in [6, 6.07) is 1.73. The average molecular weight is 208 g/mol. The summed E-state index contributed by atoms with van der Waals surface area (Å²) < 4.78 is 5.15. The van der Waals surface area contributed by atoms with Crippen LogP contribution in [0.4, 0.5) is 0 Å². The van der Waals surface area contributed by atoms with Crippen LogP contribution in [0.25, 0.3) is 0 Å². The van der Waals surface area contributed by atoms with Crippen LogP contribution in [0, 0.1) is 5.92 Å². The fourth-order valence-corrected chi connectivity index (χ4v) is 1.90. The molecule has 0 bridgehead atoms. The number of amides is 1. The van der Waals surface area contributed by atoms with E-state index in [2.05, 4.69) is 6.92 Å². The normalized spacial score (nSPS) is 20.9. The first-order valence-corrected chi connectivity index (χ1v) is 5.27. The minimum atomic E-state index is 0.0581. The van der Waals surface area contributed by atoms with E-state index in [1.807, 2.05) is 4.90 Å². The van der Waals surface area contributed by atoms with Crippen molar-refractivity contribution < 1.29 is 9.21 Å². The molecular weight excluding hydrogens is 192 g/mol. The van der Waals surface area contributed by atoms with Gasteiger partial charge in [-0.2, -0.15) is 0 Å². The first kappa shape index (κ1) is 10.2. The van der Waals surface area contributed by atoms with Crippen molar-refractivity contribution in [2.45, 2.75) is 19.9 Å². The minimum Gasteiger partial charge on any atom is -0.467 e. The monoisotopic (exact) mass is 208 g/mol. The second-order valence-corrected chi connectivity index (χ2v) is 4.15. The molecule has 1 aliphatic rings. The van der Waals surface area contributed by atoms with Gasteiger partial charge in [0.25, 0.3) is 5.91 Å². The van der Waals surface area contributed by atoms with E-state index in [4.69, 9.17) is 10.2 Å². The van der Waals surface area contributed by atoms with Crippen LogP contribution in [0.15, 0.2) is 16.7 Å². The quantitative estimate of drug-likeness (QED) is 0.795. The van der Waals surface area contributed by atoms with Crippen molar-refractivity contribution in [3.8, 4) is 0 Å². The van der Waals surface area contributed by atoms with Crippen LogP contribution in [0.2, 0.25) is 0 Å². The fraction of sp³-hybridized carbons (Fsp3) is 0.545. The lowest BCUT2D eigenvalue weighted by Crippen LogP contribution is -2.28. The second kappa shape index (κ2) is 4.06. The largest absolute Gasteiger partial charge is 0.467 e. The molecule has 4 nitrogen and oxygen atoms in total. The second-order valence-electron chi connectivity index (χ2n) is 4.15. The highest BCUT2D eigenvalue weighted by Gasteiger charge is 2.24. The summed E-state index contributed by atoms with van der Waals surface area (Å²) in [5, 5.41) is 0. The van der Waals surface area contributed by atoms with Gasteiger partial charge in [-0.25, -0.2) is 0 Å². The van der Waals surface area contributed by atoms with E-state index in [0.717, 1.165) is 19.5 Å². The molecule has 1 aliphatic heterocycles. The number of furan rings is 1. The molecule has 1 saturated heterocycles. The van der Waals surface area contributed by atoms with Gasteiger partial charge in [0, 0.05) is 13.1 Å². The molecule has 1 unspecified atom stereocenters. The maximum absolute atomic E-state index is 11.9. The van der Waals surface area contributed by atoms with Crippen molar-refractivity contribution in [1.29, 1.82) is 0 Å². The molecule has 0 aromatic carbocycles. The summed E-state index contributed by atoms with van der Waals surface area (Å²) in [5.41, 5.74) is 6.04. The highest BCUT2D eigenvalue weighted by atomic mass is 16.3. The highest BCUT2D eigenvalue weighted by molar-refractivity contribution is 5.94. The van der Waals surface area contributed by atoms with Crippen LogP contribution in [0.1, 0.15) is 29.5 Å². The first-order valence-electron chi connectivity index (χ1n) is 5.27. The Kier molecular flexibility index (Phi) is 2.77. The molecule has 0 spiro atoms. The van der Waals surface area contributed by atoms with E-state index in [1.54, 1.807) is 6.07 Å². The standard InChI is InChI=1S/C11H16N2O2/c1-8-2-3-13(6-8)11(14)9-4-10(5-12)15-7-9/h4,7-8H,2-3,5-6,12H2,1H3. The molecule has 1 atom stereocenters. The number of carbonyl (C=O) groups excluding carboxylic acids is 1. The smallest absolute Gasteiger partial charge is 0.257 e. The molecule has 0 aliphatic carbocycles. The molecule has 82 valence electrons. The first-order chi connectivity index (χ1) is 7.20. The molecule has 1 aromatic heterocycles. The lowest BCUT2D eigenvalue weighted by molar-refractivity contribution is 0.0787. The Morgan fingerprint density at radius 1 is 1.73 bits per heavy atom. The third-order valence-electron chi connectivity index (χ3n) is 2.81. The Balaban J connectivity index is 2.07. The van der Waals surface area contributed by atoms with Gasteiger partial charge in [0.15, 0.2) is 0 Å². The molecular formula is C11H16N2O2. The number of nitrogens with zero attached hydrogens (tertiary/aromatic N) is 1. The Hall–Kier alpha value is -1.29. The summed E-state index contributed by atoms with van der Waals surface area (Å²) >= 11 is 0. The maximum atomic E-state index is 11.9. The van der Waals surface area contributed by atoms with Crippen molar-refractivity contribution in [1.82, 2.24) is 4.90 Å². The zero-order valence-electron chi connectivity index (χ0n) is 8.90. The maximum Gasteiger partial charge on any atom is 0.257 e. The highest BCUT2D eigenvalue weighted by Crippen LogP contribution is 2.18. The number of hydrogen-bond acceptors (Lipinski definition) is 3. The number of rotatable bonds is 2. The molecule has 0 saturated carbocycles. The zero-order chi connectivity index (χ0) is 10.8. The van der Waals surface area contributed by atoms with Gasteiger partial charge in [-0.3, -0.25) is 4.79 Å². The Bertz CT molecular complexity index is 359. The topological polar surface area (TPSA) is 59.5 Å². The van der Waals surface area contributed by atoms with Crippen molar-refractivity contribution in [2.24, 2.45) is 11.7 Å². The van der Waals surface area contributed by atoms with E-state index in [9.17, 15) is 4.79 Å². The van der Waals surface area contributed by atoms with Crippen LogP contribution >= 0.6 is 0 Å². The summed E-state index contributed by atoms with van der Waals surface area (Å²) in [5.74, 6) is 1.32. The molecule has 2 N–H and O–H groups in total. The van der Waals surface area contributed by atoms with Gasteiger partial charge in [-0.05, 0) is 18.4 Å². The van der Waals surface area contributed by atoms with Gasteiger partial charge in [0.2, 0.25) is 0 Å². The molecule has 1 aromatic rings. The number of nitrogens with two attached hydrogens (primary N) is 1. The van der Waals surface area contributed by atoms with Crippen molar-refractivity contribution in [3.05, 3.63) is 23.7 Å². The van der Waals surface area contributed by atoms with Gasteiger partial charge in [-0.1, -0.05) is 6.92 Å². The van der Waals surface area contributed by atoms with Gasteiger partial charge < -0.3 is 15.1 Å². The molecule has 1 amide bonds. The summed E-state index contributed by atoms with van der Waals surface area (Å²) in [4.78, 5) is 13.8. The Morgan fingerprint density at radius 3 is 3.07 bits per heavy atom. The fourth-order valence-electron chi connectivity index (χ4n) is 1.90. The predicted octanol–water partition coefficient (Wildman–Crippen LogP) is 1.22. The van der Waals surface area contributed by atoms with E-state index in [1.165, 1.54) is 6.26 Å². The molecule has 15 heavy (non-hydrogen) atoms. The number of likely N-dealkylation sites (tertiary alicyclic amines) is 1. The van der Waals surface area contributed by atoms with Crippen molar-refractivity contribution in [2.75, 3.05) is 13.1 Å². The van der Waals surface area contributed by atoms with E-state index < -0.39 is 0 Å². The van der Waals surface area contributed by atoms with Crippen molar-refractivity contribution >= 4 is 5.91 Å². The van der Waals surface area contributed by atoms with Gasteiger partial charge >= 0.3 is 0 Å². The van der Waals surface area contributed by atoms with E-state index in [-0.39, 0.29) is 5.91 Å². The van der Waals surface area contributed by atoms with Gasteiger partial charge in [-0.15, -0.1) is 0 Å². The lowest BCUT2D eigenvalue weighted by Gasteiger charge is -2.14. The predicted molar refractivity (Wildman–Crippen MR) is 56.3 cm³/mol. The zero-order valence-corrected chi connectivity index (χ0v) is 8.90. The Morgan fingerprint density at radius 2 is 2.53 bits per heavy atom. The molecule has 4 heteroatoms. The lowest BCUT2D eigenvalue weighted by atomic mass is 10.2. The molecule has 0 radical (unpaired) electrons. The average Bonchev–Trinajstić information content (AvgIpc) is 2.84. The van der Waals surface area contributed by atoms with E-state index >= 15 is 0 Å². The van der Waals surface area contributed by atoms with Crippen molar-refractivity contribution in [3.63, 3.8) is 0 Å². The van der Waals surface area contributed by atoms with E-state index in [0.29, 0.717) is 23.8 Å². The summed E-state index contributed by atoms with van der Waals surface area (Å²) in [7, 11) is 0. The molecule has 2 heterocycles. The summed E-state index contributed by atoms with van der Waals surface area (Å²) in [6.45, 7) is 4.20. The van der Waals surface area contributed by atoms with Crippen LogP contribution in [-0.2, 0) is 6.54 Å². The third-order valence-corrected chi connectivity index (χ3v) is 2.81. The molecule has 1 fully saturated rings. The van der Waals surface area contributed by atoms with Crippen LogP contribution in [0.3, 0.4) is 0 Å². The van der Waals surface area contributed by atoms with Gasteiger partial charge in [0.05, 0.1) is 12.1 Å². The number of carbonyl (C=O) groups is 1. The Labute approximate surface area is 89.0 Å². The SMILES string of the molecule is CC1CCN(C(=O)c2coc(CN)c2)C1. The van der Waals surface area contributed by atoms with Crippen LogP contribution in [0.5, 0.6) is 0 Å². The van der Waals surface area contributed by atoms with Crippen LogP contribution in [-0.4, -0.2) is 23.9 Å². The summed E-state index contributed by atoms with van der Waals surface area (Å²) in [6.07, 6.45) is 2.58. The van der Waals surface area contributed by atoms with Crippen LogP contribution < -0.4 is 5.73 Å². The molecule has 2 rings (SSSR count). The third kappa shape index (κ3) is 2.04.